The zero-order valence-electron chi connectivity index (χ0n) is 10.8. The lowest BCUT2D eigenvalue weighted by Gasteiger charge is -2.30. The van der Waals surface area contributed by atoms with Crippen LogP contribution >= 0.6 is 0 Å². The smallest absolute Gasteiger partial charge is 0.0497 e. The van der Waals surface area contributed by atoms with Gasteiger partial charge in [0.15, 0.2) is 0 Å². The van der Waals surface area contributed by atoms with E-state index in [2.05, 4.69) is 13.8 Å². The van der Waals surface area contributed by atoms with Crippen LogP contribution in [0.2, 0.25) is 0 Å². The van der Waals surface area contributed by atoms with Crippen LogP contribution in [0.15, 0.2) is 0 Å². The zero-order valence-corrected chi connectivity index (χ0v) is 10.8. The average molecular weight is 226 g/mol. The Balaban J connectivity index is 1.74. The Morgan fingerprint density at radius 3 is 2.06 bits per heavy atom. The standard InChI is InChI=1S/C14H26O2/c1-11(13-3-6-15-7-4-13)9-12(2)14-5-8-16-10-14/h11-14H,3-10H2,1-2H3. The maximum atomic E-state index is 5.49. The van der Waals surface area contributed by atoms with Gasteiger partial charge in [-0.05, 0) is 49.4 Å². The van der Waals surface area contributed by atoms with Gasteiger partial charge in [-0.3, -0.25) is 0 Å². The summed E-state index contributed by atoms with van der Waals surface area (Å²) < 4.78 is 10.9. The fourth-order valence-electron chi connectivity index (χ4n) is 3.26. The van der Waals surface area contributed by atoms with Gasteiger partial charge in [-0.1, -0.05) is 13.8 Å². The minimum Gasteiger partial charge on any atom is -0.381 e. The van der Waals surface area contributed by atoms with Crippen molar-refractivity contribution in [1.29, 1.82) is 0 Å². The third-order valence-electron chi connectivity index (χ3n) is 4.58. The van der Waals surface area contributed by atoms with Gasteiger partial charge < -0.3 is 9.47 Å². The van der Waals surface area contributed by atoms with Gasteiger partial charge in [-0.2, -0.15) is 0 Å². The fraction of sp³-hybridized carbons (Fsp3) is 1.00. The van der Waals surface area contributed by atoms with Crippen LogP contribution in [-0.4, -0.2) is 26.4 Å². The minimum atomic E-state index is 0.822. The summed E-state index contributed by atoms with van der Waals surface area (Å²) in [5.74, 6) is 3.42. The predicted molar refractivity (Wildman–Crippen MR) is 65.4 cm³/mol. The molecule has 0 aliphatic carbocycles. The third kappa shape index (κ3) is 3.21. The van der Waals surface area contributed by atoms with Crippen LogP contribution in [0.3, 0.4) is 0 Å². The molecule has 2 aliphatic rings. The van der Waals surface area contributed by atoms with Crippen molar-refractivity contribution in [3.63, 3.8) is 0 Å². The van der Waals surface area contributed by atoms with Crippen LogP contribution in [0.25, 0.3) is 0 Å². The first-order valence-corrected chi connectivity index (χ1v) is 6.93. The Kier molecular flexibility index (Phi) is 4.66. The van der Waals surface area contributed by atoms with E-state index in [1.807, 2.05) is 0 Å². The first-order valence-electron chi connectivity index (χ1n) is 6.93. The van der Waals surface area contributed by atoms with Crippen molar-refractivity contribution in [2.75, 3.05) is 26.4 Å². The largest absolute Gasteiger partial charge is 0.381 e. The highest BCUT2D eigenvalue weighted by Gasteiger charge is 2.27. The Morgan fingerprint density at radius 1 is 0.875 bits per heavy atom. The average Bonchev–Trinajstić information content (AvgIpc) is 2.83. The van der Waals surface area contributed by atoms with Gasteiger partial charge in [-0.25, -0.2) is 0 Å². The lowest BCUT2D eigenvalue weighted by Crippen LogP contribution is -2.24. The highest BCUT2D eigenvalue weighted by Crippen LogP contribution is 2.33. The zero-order chi connectivity index (χ0) is 11.4. The molecule has 2 heteroatoms. The van der Waals surface area contributed by atoms with Gasteiger partial charge >= 0.3 is 0 Å². The van der Waals surface area contributed by atoms with E-state index in [0.717, 1.165) is 50.1 Å². The second-order valence-electron chi connectivity index (χ2n) is 5.76. The van der Waals surface area contributed by atoms with E-state index in [1.54, 1.807) is 0 Å². The molecule has 0 radical (unpaired) electrons. The fourth-order valence-corrected chi connectivity index (χ4v) is 3.26. The van der Waals surface area contributed by atoms with E-state index in [0.29, 0.717) is 0 Å². The minimum absolute atomic E-state index is 0.822. The molecular weight excluding hydrogens is 200 g/mol. The summed E-state index contributed by atoms with van der Waals surface area (Å²) in [5.41, 5.74) is 0. The molecule has 2 nitrogen and oxygen atoms in total. The van der Waals surface area contributed by atoms with Gasteiger partial charge in [0.1, 0.15) is 0 Å². The highest BCUT2D eigenvalue weighted by atomic mass is 16.5. The Bertz CT molecular complexity index is 193. The Morgan fingerprint density at radius 2 is 1.44 bits per heavy atom. The summed E-state index contributed by atoms with van der Waals surface area (Å²) in [5, 5.41) is 0. The molecule has 94 valence electrons. The van der Waals surface area contributed by atoms with E-state index >= 15 is 0 Å². The summed E-state index contributed by atoms with van der Waals surface area (Å²) in [6, 6.07) is 0. The number of hydrogen-bond donors (Lipinski definition) is 0. The van der Waals surface area contributed by atoms with Crippen molar-refractivity contribution in [2.45, 2.75) is 39.5 Å². The summed E-state index contributed by atoms with van der Waals surface area (Å²) >= 11 is 0. The van der Waals surface area contributed by atoms with Crippen LogP contribution in [0.5, 0.6) is 0 Å². The number of hydrogen-bond acceptors (Lipinski definition) is 2. The summed E-state index contributed by atoms with van der Waals surface area (Å²) in [6.45, 7) is 8.80. The van der Waals surface area contributed by atoms with E-state index in [-0.39, 0.29) is 0 Å². The molecule has 2 heterocycles. The maximum Gasteiger partial charge on any atom is 0.0497 e. The third-order valence-corrected chi connectivity index (χ3v) is 4.58. The van der Waals surface area contributed by atoms with Crippen molar-refractivity contribution >= 4 is 0 Å². The molecule has 2 aliphatic heterocycles. The second kappa shape index (κ2) is 6.02. The molecule has 0 bridgehead atoms. The van der Waals surface area contributed by atoms with Crippen LogP contribution in [0.4, 0.5) is 0 Å². The predicted octanol–water partition coefficient (Wildman–Crippen LogP) is 3.11. The monoisotopic (exact) mass is 226 g/mol. The van der Waals surface area contributed by atoms with E-state index < -0.39 is 0 Å². The lowest BCUT2D eigenvalue weighted by atomic mass is 9.78. The van der Waals surface area contributed by atoms with Crippen molar-refractivity contribution < 1.29 is 9.47 Å². The van der Waals surface area contributed by atoms with E-state index in [1.165, 1.54) is 25.7 Å². The van der Waals surface area contributed by atoms with Crippen LogP contribution in [-0.2, 0) is 9.47 Å². The first-order chi connectivity index (χ1) is 7.77. The first kappa shape index (κ1) is 12.4. The molecule has 2 rings (SSSR count). The molecule has 0 aromatic carbocycles. The molecular formula is C14H26O2. The molecule has 0 amide bonds. The van der Waals surface area contributed by atoms with Crippen LogP contribution in [0, 0.1) is 23.7 Å². The van der Waals surface area contributed by atoms with Crippen LogP contribution < -0.4 is 0 Å². The summed E-state index contributed by atoms with van der Waals surface area (Å²) in [7, 11) is 0. The van der Waals surface area contributed by atoms with E-state index in [4.69, 9.17) is 9.47 Å². The van der Waals surface area contributed by atoms with Crippen molar-refractivity contribution in [2.24, 2.45) is 23.7 Å². The molecule has 0 N–H and O–H groups in total. The topological polar surface area (TPSA) is 18.5 Å². The molecule has 0 aromatic rings. The molecule has 2 fully saturated rings. The Hall–Kier alpha value is -0.0800. The normalized spacial score (nSPS) is 31.5. The van der Waals surface area contributed by atoms with Crippen LogP contribution in [0.1, 0.15) is 39.5 Å². The molecule has 3 atom stereocenters. The van der Waals surface area contributed by atoms with Crippen molar-refractivity contribution in [3.05, 3.63) is 0 Å². The van der Waals surface area contributed by atoms with Gasteiger partial charge in [0, 0.05) is 26.4 Å². The van der Waals surface area contributed by atoms with Gasteiger partial charge in [0.2, 0.25) is 0 Å². The molecule has 0 spiro atoms. The lowest BCUT2D eigenvalue weighted by molar-refractivity contribution is 0.0433. The molecule has 16 heavy (non-hydrogen) atoms. The SMILES string of the molecule is CC(CC(C)C1CCOC1)C1CCOCC1. The number of rotatable bonds is 4. The maximum absolute atomic E-state index is 5.49. The van der Waals surface area contributed by atoms with Crippen molar-refractivity contribution in [3.8, 4) is 0 Å². The molecule has 3 unspecified atom stereocenters. The molecule has 0 aromatic heterocycles. The van der Waals surface area contributed by atoms with Crippen molar-refractivity contribution in [1.82, 2.24) is 0 Å². The van der Waals surface area contributed by atoms with Gasteiger partial charge in [0.25, 0.3) is 0 Å². The van der Waals surface area contributed by atoms with Gasteiger partial charge in [-0.15, -0.1) is 0 Å². The highest BCUT2D eigenvalue weighted by molar-refractivity contribution is 4.76. The number of ether oxygens (including phenoxy) is 2. The second-order valence-corrected chi connectivity index (χ2v) is 5.76. The molecule has 0 saturated carbocycles. The van der Waals surface area contributed by atoms with Gasteiger partial charge in [0.05, 0.1) is 0 Å². The Labute approximate surface area is 99.7 Å². The molecule has 2 saturated heterocycles. The van der Waals surface area contributed by atoms with E-state index in [9.17, 15) is 0 Å². The summed E-state index contributed by atoms with van der Waals surface area (Å²) in [4.78, 5) is 0. The summed E-state index contributed by atoms with van der Waals surface area (Å²) in [6.07, 6.45) is 5.20. The quantitative estimate of drug-likeness (QED) is 0.733.